The molecule has 0 bridgehead atoms. The molecule has 0 amide bonds. The van der Waals surface area contributed by atoms with Crippen LogP contribution in [-0.2, 0) is 0 Å². The van der Waals surface area contributed by atoms with Gasteiger partial charge in [-0.1, -0.05) is 26.8 Å². The monoisotopic (exact) mass is 354 g/mol. The van der Waals surface area contributed by atoms with Crippen LogP contribution >= 0.6 is 24.8 Å². The van der Waals surface area contributed by atoms with E-state index in [9.17, 15) is 8.78 Å². The predicted octanol–water partition coefficient (Wildman–Crippen LogP) is 4.11. The molecule has 1 heterocycles. The lowest BCUT2D eigenvalue weighted by molar-refractivity contribution is 0.0803. The first kappa shape index (κ1) is 21.6. The Kier molecular flexibility index (Phi) is 8.28. The van der Waals surface area contributed by atoms with Crippen molar-refractivity contribution in [3.8, 4) is 0 Å². The smallest absolute Gasteiger partial charge is 0.133 e. The number of piperazine rings is 1. The summed E-state index contributed by atoms with van der Waals surface area (Å²) < 4.78 is 28.8. The van der Waals surface area contributed by atoms with E-state index >= 15 is 0 Å². The second-order valence-corrected chi connectivity index (χ2v) is 6.65. The van der Waals surface area contributed by atoms with Crippen LogP contribution < -0.4 is 5.32 Å². The number of hydrogen-bond donors (Lipinski definition) is 1. The highest BCUT2D eigenvalue weighted by molar-refractivity contribution is 5.85. The maximum Gasteiger partial charge on any atom is 0.133 e. The van der Waals surface area contributed by atoms with E-state index in [1.807, 2.05) is 20.8 Å². The van der Waals surface area contributed by atoms with Crippen LogP contribution in [0.3, 0.4) is 0 Å². The van der Waals surface area contributed by atoms with E-state index in [4.69, 9.17) is 0 Å². The molecule has 1 saturated heterocycles. The minimum atomic E-state index is -0.438. The van der Waals surface area contributed by atoms with Gasteiger partial charge < -0.3 is 5.32 Å². The van der Waals surface area contributed by atoms with Gasteiger partial charge in [-0.15, -0.1) is 24.8 Å². The zero-order chi connectivity index (χ0) is 14.9. The molecule has 1 aromatic rings. The van der Waals surface area contributed by atoms with Gasteiger partial charge >= 0.3 is 0 Å². The van der Waals surface area contributed by atoms with Crippen LogP contribution in [0.1, 0.15) is 37.9 Å². The summed E-state index contributed by atoms with van der Waals surface area (Å²) in [7, 11) is 0. The molecule has 0 unspecified atom stereocenters. The van der Waals surface area contributed by atoms with Crippen LogP contribution in [0, 0.1) is 24.0 Å². The topological polar surface area (TPSA) is 15.3 Å². The van der Waals surface area contributed by atoms with Crippen LogP contribution in [0.5, 0.6) is 0 Å². The summed E-state index contributed by atoms with van der Waals surface area (Å²) in [5.41, 5.74) is 0.498. The van der Waals surface area contributed by atoms with E-state index in [1.54, 1.807) is 6.92 Å². The van der Waals surface area contributed by atoms with Crippen LogP contribution in [-0.4, -0.2) is 31.1 Å². The minimum Gasteiger partial charge on any atom is -0.314 e. The quantitative estimate of drug-likeness (QED) is 0.859. The van der Waals surface area contributed by atoms with Crippen LogP contribution in [0.4, 0.5) is 8.78 Å². The number of nitrogens with zero attached hydrogens (tertiary/aromatic N) is 1. The Labute approximate surface area is 144 Å². The summed E-state index contributed by atoms with van der Waals surface area (Å²) >= 11 is 0. The highest BCUT2D eigenvalue weighted by atomic mass is 35.5. The van der Waals surface area contributed by atoms with Crippen molar-refractivity contribution in [2.45, 2.75) is 33.7 Å². The van der Waals surface area contributed by atoms with Crippen LogP contribution in [0.25, 0.3) is 0 Å². The van der Waals surface area contributed by atoms with Gasteiger partial charge in [0, 0.05) is 37.8 Å². The van der Waals surface area contributed by atoms with Crippen molar-refractivity contribution in [1.82, 2.24) is 10.2 Å². The summed E-state index contributed by atoms with van der Waals surface area (Å²) in [6, 6.07) is 2.64. The third-order valence-electron chi connectivity index (χ3n) is 3.93. The zero-order valence-corrected chi connectivity index (χ0v) is 15.2. The van der Waals surface area contributed by atoms with Crippen molar-refractivity contribution in [3.05, 3.63) is 34.9 Å². The summed E-state index contributed by atoms with van der Waals surface area (Å²) in [6.45, 7) is 11.2. The fourth-order valence-electron chi connectivity index (χ4n) is 3.03. The van der Waals surface area contributed by atoms with Crippen molar-refractivity contribution in [2.24, 2.45) is 5.41 Å². The van der Waals surface area contributed by atoms with Gasteiger partial charge in [0.05, 0.1) is 0 Å². The first-order valence-corrected chi connectivity index (χ1v) is 7.21. The van der Waals surface area contributed by atoms with Gasteiger partial charge in [0.25, 0.3) is 0 Å². The van der Waals surface area contributed by atoms with Gasteiger partial charge in [0.2, 0.25) is 0 Å². The SMILES string of the molecule is Cc1ccc(F)c([C@@H](N2CCNCC2)C(C)(C)C)c1F.Cl.Cl. The van der Waals surface area contributed by atoms with E-state index < -0.39 is 11.6 Å². The molecule has 1 aliphatic rings. The molecule has 0 spiro atoms. The largest absolute Gasteiger partial charge is 0.314 e. The summed E-state index contributed by atoms with van der Waals surface area (Å²) in [5, 5.41) is 3.28. The number of aryl methyl sites for hydroxylation is 1. The van der Waals surface area contributed by atoms with Crippen molar-refractivity contribution >= 4 is 24.8 Å². The molecule has 0 radical (unpaired) electrons. The molecule has 1 atom stereocenters. The molecule has 6 heteroatoms. The Morgan fingerprint density at radius 1 is 1.09 bits per heavy atom. The number of nitrogens with one attached hydrogen (secondary N) is 1. The average molecular weight is 355 g/mol. The Bertz CT molecular complexity index is 484. The zero-order valence-electron chi connectivity index (χ0n) is 13.6. The third kappa shape index (κ3) is 4.54. The maximum absolute atomic E-state index is 14.5. The molecule has 2 nitrogen and oxygen atoms in total. The van der Waals surface area contributed by atoms with Crippen molar-refractivity contribution in [1.29, 1.82) is 0 Å². The maximum atomic E-state index is 14.5. The summed E-state index contributed by atoms with van der Waals surface area (Å²) in [5.74, 6) is -0.838. The van der Waals surface area contributed by atoms with E-state index in [1.165, 1.54) is 12.1 Å². The van der Waals surface area contributed by atoms with Crippen molar-refractivity contribution < 1.29 is 8.78 Å². The second-order valence-electron chi connectivity index (χ2n) is 6.65. The predicted molar refractivity (Wildman–Crippen MR) is 92.2 cm³/mol. The lowest BCUT2D eigenvalue weighted by atomic mass is 9.80. The summed E-state index contributed by atoms with van der Waals surface area (Å²) in [4.78, 5) is 2.19. The first-order chi connectivity index (χ1) is 9.32. The lowest BCUT2D eigenvalue weighted by Crippen LogP contribution is -2.48. The van der Waals surface area contributed by atoms with Gasteiger partial charge in [0.1, 0.15) is 11.6 Å². The van der Waals surface area contributed by atoms with Gasteiger partial charge in [0.15, 0.2) is 0 Å². The molecule has 1 aromatic carbocycles. The van der Waals surface area contributed by atoms with Gasteiger partial charge in [-0.05, 0) is 24.0 Å². The van der Waals surface area contributed by atoms with Crippen LogP contribution in [0.15, 0.2) is 12.1 Å². The molecular formula is C16H26Cl2F2N2. The molecular weight excluding hydrogens is 329 g/mol. The molecule has 1 fully saturated rings. The summed E-state index contributed by atoms with van der Waals surface area (Å²) in [6.07, 6.45) is 0. The highest BCUT2D eigenvalue weighted by Gasteiger charge is 2.36. The molecule has 0 saturated carbocycles. The molecule has 0 aliphatic carbocycles. The Morgan fingerprint density at radius 2 is 1.64 bits per heavy atom. The van der Waals surface area contributed by atoms with Crippen molar-refractivity contribution in [2.75, 3.05) is 26.2 Å². The Morgan fingerprint density at radius 3 is 2.14 bits per heavy atom. The Hall–Kier alpha value is -0.420. The molecule has 1 aliphatic heterocycles. The van der Waals surface area contributed by atoms with Crippen molar-refractivity contribution in [3.63, 3.8) is 0 Å². The molecule has 2 rings (SSSR count). The number of halogens is 4. The fourth-order valence-corrected chi connectivity index (χ4v) is 3.03. The van der Waals surface area contributed by atoms with E-state index in [-0.39, 0.29) is 41.8 Å². The highest BCUT2D eigenvalue weighted by Crippen LogP contribution is 2.40. The third-order valence-corrected chi connectivity index (χ3v) is 3.93. The number of rotatable bonds is 2. The molecule has 128 valence electrons. The van der Waals surface area contributed by atoms with E-state index in [0.717, 1.165) is 26.2 Å². The molecule has 1 N–H and O–H groups in total. The number of benzene rings is 1. The lowest BCUT2D eigenvalue weighted by Gasteiger charge is -2.42. The standard InChI is InChI=1S/C16H24F2N2.2ClH/c1-11-5-6-12(17)13(14(11)18)15(16(2,3)4)20-9-7-19-8-10-20;;/h5-6,15,19H,7-10H2,1-4H3;2*1H/t15-;;/m1../s1. The van der Waals surface area contributed by atoms with E-state index in [0.29, 0.717) is 5.56 Å². The minimum absolute atomic E-state index is 0. The van der Waals surface area contributed by atoms with Gasteiger partial charge in [-0.2, -0.15) is 0 Å². The average Bonchev–Trinajstić information content (AvgIpc) is 2.39. The normalized spacial score (nSPS) is 17.4. The van der Waals surface area contributed by atoms with Crippen LogP contribution in [0.2, 0.25) is 0 Å². The molecule has 0 aromatic heterocycles. The van der Waals surface area contributed by atoms with E-state index in [2.05, 4.69) is 10.2 Å². The molecule has 22 heavy (non-hydrogen) atoms. The van der Waals surface area contributed by atoms with Gasteiger partial charge in [-0.3, -0.25) is 4.90 Å². The Balaban J connectivity index is 0.00000220. The number of hydrogen-bond acceptors (Lipinski definition) is 2. The second kappa shape index (κ2) is 8.44. The first-order valence-electron chi connectivity index (χ1n) is 7.21. The fraction of sp³-hybridized carbons (Fsp3) is 0.625. The van der Waals surface area contributed by atoms with Gasteiger partial charge in [-0.25, -0.2) is 8.78 Å².